The van der Waals surface area contributed by atoms with Crippen LogP contribution < -0.4 is 11.5 Å². The zero-order valence-corrected chi connectivity index (χ0v) is 5.77. The first-order chi connectivity index (χ1) is 4.61. The number of aliphatic hydroxyl groups is 2. The van der Waals surface area contributed by atoms with Crippen molar-refractivity contribution < 1.29 is 10.2 Å². The largest absolute Gasteiger partial charge is 0.391 e. The van der Waals surface area contributed by atoms with Gasteiger partial charge in [0.25, 0.3) is 0 Å². The van der Waals surface area contributed by atoms with Gasteiger partial charge in [0.05, 0.1) is 12.2 Å². The topological polar surface area (TPSA) is 92.5 Å². The van der Waals surface area contributed by atoms with Crippen molar-refractivity contribution in [2.24, 2.45) is 11.5 Å². The Balaban J connectivity index is 2.46. The zero-order valence-electron chi connectivity index (χ0n) is 5.77. The first kappa shape index (κ1) is 7.94. The molecule has 60 valence electrons. The molecule has 4 nitrogen and oxygen atoms in total. The molecule has 1 aliphatic rings. The van der Waals surface area contributed by atoms with Crippen LogP contribution in [-0.4, -0.2) is 34.5 Å². The van der Waals surface area contributed by atoms with Gasteiger partial charge in [0.1, 0.15) is 0 Å². The Morgan fingerprint density at radius 1 is 0.900 bits per heavy atom. The molecule has 10 heavy (non-hydrogen) atoms. The Labute approximate surface area is 59.8 Å². The minimum atomic E-state index is -0.543. The van der Waals surface area contributed by atoms with Crippen LogP contribution in [-0.2, 0) is 0 Å². The molecule has 1 rings (SSSR count). The summed E-state index contributed by atoms with van der Waals surface area (Å²) < 4.78 is 0. The molecule has 0 amide bonds. The molecule has 0 heterocycles. The van der Waals surface area contributed by atoms with E-state index in [1.807, 2.05) is 0 Å². The molecule has 0 spiro atoms. The van der Waals surface area contributed by atoms with Crippen molar-refractivity contribution in [3.05, 3.63) is 0 Å². The van der Waals surface area contributed by atoms with Crippen LogP contribution in [0.2, 0.25) is 0 Å². The molecule has 4 heteroatoms. The molecule has 1 aliphatic carbocycles. The summed E-state index contributed by atoms with van der Waals surface area (Å²) >= 11 is 0. The Hall–Kier alpha value is -0.160. The second-order valence-electron chi connectivity index (χ2n) is 2.93. The molecule has 6 N–H and O–H groups in total. The van der Waals surface area contributed by atoms with Gasteiger partial charge in [-0.25, -0.2) is 0 Å². The fourth-order valence-corrected chi connectivity index (χ4v) is 1.22. The lowest BCUT2D eigenvalue weighted by Crippen LogP contribution is -2.52. The third-order valence-corrected chi connectivity index (χ3v) is 2.02. The van der Waals surface area contributed by atoms with Crippen LogP contribution in [0.4, 0.5) is 0 Å². The van der Waals surface area contributed by atoms with Gasteiger partial charge in [-0.05, 0) is 12.8 Å². The van der Waals surface area contributed by atoms with Crippen LogP contribution >= 0.6 is 0 Å². The quantitative estimate of drug-likeness (QED) is 0.323. The Morgan fingerprint density at radius 2 is 1.20 bits per heavy atom. The number of hydrogen-bond donors (Lipinski definition) is 4. The van der Waals surface area contributed by atoms with E-state index in [9.17, 15) is 0 Å². The summed E-state index contributed by atoms with van der Waals surface area (Å²) in [7, 11) is 0. The fraction of sp³-hybridized carbons (Fsp3) is 1.00. The Bertz CT molecular complexity index is 94.3. The molecular formula is C6H14N2O2. The van der Waals surface area contributed by atoms with Crippen molar-refractivity contribution in [2.75, 3.05) is 0 Å². The van der Waals surface area contributed by atoms with Gasteiger partial charge in [0.2, 0.25) is 0 Å². The van der Waals surface area contributed by atoms with Gasteiger partial charge in [-0.3, -0.25) is 0 Å². The number of nitrogens with two attached hydrogens (primary N) is 2. The lowest BCUT2D eigenvalue weighted by atomic mass is 9.87. The predicted octanol–water partition coefficient (Wildman–Crippen LogP) is -1.84. The van der Waals surface area contributed by atoms with Crippen molar-refractivity contribution in [1.82, 2.24) is 0 Å². The van der Waals surface area contributed by atoms with Gasteiger partial charge < -0.3 is 21.7 Å². The maximum atomic E-state index is 9.15. The van der Waals surface area contributed by atoms with E-state index in [1.54, 1.807) is 0 Å². The van der Waals surface area contributed by atoms with E-state index >= 15 is 0 Å². The normalized spacial score (nSPS) is 49.2. The highest BCUT2D eigenvalue weighted by Gasteiger charge is 2.30. The highest BCUT2D eigenvalue weighted by atomic mass is 16.3. The predicted molar refractivity (Wildman–Crippen MR) is 37.2 cm³/mol. The van der Waals surface area contributed by atoms with Crippen LogP contribution in [0.5, 0.6) is 0 Å². The van der Waals surface area contributed by atoms with Gasteiger partial charge >= 0.3 is 0 Å². The van der Waals surface area contributed by atoms with Crippen molar-refractivity contribution >= 4 is 0 Å². The summed E-state index contributed by atoms with van der Waals surface area (Å²) in [5.74, 6) is 0. The molecule has 0 aromatic carbocycles. The molecule has 0 bridgehead atoms. The van der Waals surface area contributed by atoms with Crippen LogP contribution in [0.25, 0.3) is 0 Å². The van der Waals surface area contributed by atoms with Crippen molar-refractivity contribution in [1.29, 1.82) is 0 Å². The minimum Gasteiger partial charge on any atom is -0.391 e. The first-order valence-corrected chi connectivity index (χ1v) is 3.48. The summed E-state index contributed by atoms with van der Waals surface area (Å²) in [6.45, 7) is 0. The Morgan fingerprint density at radius 3 is 1.50 bits per heavy atom. The fourth-order valence-electron chi connectivity index (χ4n) is 1.22. The molecule has 0 aromatic rings. The lowest BCUT2D eigenvalue weighted by Gasteiger charge is -2.32. The van der Waals surface area contributed by atoms with Crippen LogP contribution in [0.3, 0.4) is 0 Å². The average molecular weight is 146 g/mol. The molecule has 2 unspecified atom stereocenters. The highest BCUT2D eigenvalue weighted by molar-refractivity contribution is 4.89. The molecule has 0 aromatic heterocycles. The molecule has 0 saturated heterocycles. The van der Waals surface area contributed by atoms with E-state index in [0.717, 1.165) is 0 Å². The van der Waals surface area contributed by atoms with E-state index in [4.69, 9.17) is 21.7 Å². The summed E-state index contributed by atoms with van der Waals surface area (Å²) in [6.07, 6.45) is -0.276. The summed E-state index contributed by atoms with van der Waals surface area (Å²) in [6, 6.07) is -0.621. The van der Waals surface area contributed by atoms with Crippen molar-refractivity contribution in [3.8, 4) is 0 Å². The molecule has 4 atom stereocenters. The van der Waals surface area contributed by atoms with Crippen LogP contribution in [0, 0.1) is 0 Å². The SMILES string of the molecule is N[C@@H]1CC(O)[C@H](N)CC1O. The summed E-state index contributed by atoms with van der Waals surface area (Å²) in [5.41, 5.74) is 10.9. The summed E-state index contributed by atoms with van der Waals surface area (Å²) in [5, 5.41) is 18.3. The van der Waals surface area contributed by atoms with E-state index in [-0.39, 0.29) is 12.1 Å². The van der Waals surface area contributed by atoms with Gasteiger partial charge in [-0.15, -0.1) is 0 Å². The van der Waals surface area contributed by atoms with Crippen LogP contribution in [0.15, 0.2) is 0 Å². The molecule has 0 radical (unpaired) electrons. The van der Waals surface area contributed by atoms with Gasteiger partial charge in [0, 0.05) is 12.1 Å². The zero-order chi connectivity index (χ0) is 7.72. The average Bonchev–Trinajstić information content (AvgIpc) is 1.84. The number of rotatable bonds is 0. The van der Waals surface area contributed by atoms with Crippen molar-refractivity contribution in [2.45, 2.75) is 37.1 Å². The smallest absolute Gasteiger partial charge is 0.0707 e. The maximum Gasteiger partial charge on any atom is 0.0707 e. The molecule has 1 saturated carbocycles. The molecular weight excluding hydrogens is 132 g/mol. The highest BCUT2D eigenvalue weighted by Crippen LogP contribution is 2.16. The third kappa shape index (κ3) is 1.46. The standard InChI is InChI=1S/C6H14N2O2/c7-3-1-5(9)4(8)2-6(3)10/h3-6,9-10H,1-2,7-8H2/t3-,4-,5?,6?/m1/s1. The van der Waals surface area contributed by atoms with E-state index < -0.39 is 12.2 Å². The minimum absolute atomic E-state index is 0.310. The monoisotopic (exact) mass is 146 g/mol. The van der Waals surface area contributed by atoms with Crippen molar-refractivity contribution in [3.63, 3.8) is 0 Å². The van der Waals surface area contributed by atoms with E-state index in [0.29, 0.717) is 12.8 Å². The second kappa shape index (κ2) is 2.84. The Kier molecular flexibility index (Phi) is 2.25. The van der Waals surface area contributed by atoms with Gasteiger partial charge in [0.15, 0.2) is 0 Å². The first-order valence-electron chi connectivity index (χ1n) is 3.48. The second-order valence-corrected chi connectivity index (χ2v) is 2.93. The lowest BCUT2D eigenvalue weighted by molar-refractivity contribution is 0.0229. The van der Waals surface area contributed by atoms with Gasteiger partial charge in [-0.1, -0.05) is 0 Å². The van der Waals surface area contributed by atoms with E-state index in [2.05, 4.69) is 0 Å². The number of aliphatic hydroxyl groups excluding tert-OH is 2. The van der Waals surface area contributed by atoms with Crippen LogP contribution in [0.1, 0.15) is 12.8 Å². The number of hydrogen-bond acceptors (Lipinski definition) is 4. The van der Waals surface area contributed by atoms with Gasteiger partial charge in [-0.2, -0.15) is 0 Å². The van der Waals surface area contributed by atoms with E-state index in [1.165, 1.54) is 0 Å². The maximum absolute atomic E-state index is 9.15. The third-order valence-electron chi connectivity index (χ3n) is 2.02. The molecule has 0 aliphatic heterocycles. The summed E-state index contributed by atoms with van der Waals surface area (Å²) in [4.78, 5) is 0. The molecule has 1 fully saturated rings.